The highest BCUT2D eigenvalue weighted by molar-refractivity contribution is 5.80. The van der Waals surface area contributed by atoms with Gasteiger partial charge in [-0.2, -0.15) is 0 Å². The van der Waals surface area contributed by atoms with Gasteiger partial charge in [-0.25, -0.2) is 4.79 Å². The second kappa shape index (κ2) is 9.81. The lowest BCUT2D eigenvalue weighted by Crippen LogP contribution is -2.49. The number of likely N-dealkylation sites (tertiary alicyclic amines) is 1. The molecule has 0 radical (unpaired) electrons. The van der Waals surface area contributed by atoms with Crippen molar-refractivity contribution in [2.24, 2.45) is 16.3 Å². The van der Waals surface area contributed by atoms with Crippen molar-refractivity contribution in [3.63, 3.8) is 0 Å². The summed E-state index contributed by atoms with van der Waals surface area (Å²) in [5, 5.41) is 3.43. The Balaban J connectivity index is 1.85. The molecule has 0 aromatic carbocycles. The molecule has 0 aliphatic carbocycles. The number of rotatable bonds is 6. The second-order valence-corrected chi connectivity index (χ2v) is 9.42. The van der Waals surface area contributed by atoms with Crippen molar-refractivity contribution in [1.82, 2.24) is 15.1 Å². The topological polar surface area (TPSA) is 66.4 Å². The van der Waals surface area contributed by atoms with E-state index >= 15 is 0 Å². The number of ether oxygens (including phenoxy) is 2. The number of hydrogen-bond donors (Lipinski definition) is 1. The summed E-state index contributed by atoms with van der Waals surface area (Å²) < 4.78 is 10.9. The highest BCUT2D eigenvalue weighted by atomic mass is 16.6. The molecule has 2 aliphatic heterocycles. The van der Waals surface area contributed by atoms with Crippen molar-refractivity contribution in [2.45, 2.75) is 60.0 Å². The second-order valence-electron chi connectivity index (χ2n) is 9.42. The highest BCUT2D eigenvalue weighted by Gasteiger charge is 2.33. The molecule has 1 amide bonds. The van der Waals surface area contributed by atoms with Crippen LogP contribution in [0.1, 0.15) is 54.4 Å². The Morgan fingerprint density at radius 2 is 1.93 bits per heavy atom. The predicted octanol–water partition coefficient (Wildman–Crippen LogP) is 2.96. The van der Waals surface area contributed by atoms with E-state index in [1.165, 1.54) is 0 Å². The fourth-order valence-corrected chi connectivity index (χ4v) is 3.53. The maximum atomic E-state index is 12.4. The van der Waals surface area contributed by atoms with Crippen LogP contribution in [-0.2, 0) is 9.47 Å². The summed E-state index contributed by atoms with van der Waals surface area (Å²) in [4.78, 5) is 21.4. The largest absolute Gasteiger partial charge is 0.444 e. The number of carbonyl (C=O) groups excluding carboxylic acids is 1. The molecule has 2 fully saturated rings. The van der Waals surface area contributed by atoms with Gasteiger partial charge in [0.25, 0.3) is 0 Å². The molecule has 2 rings (SSSR count). The average Bonchev–Trinajstić information content (AvgIpc) is 2.60. The van der Waals surface area contributed by atoms with Crippen LogP contribution in [0.3, 0.4) is 0 Å². The van der Waals surface area contributed by atoms with Gasteiger partial charge >= 0.3 is 6.09 Å². The van der Waals surface area contributed by atoms with Gasteiger partial charge in [0.15, 0.2) is 5.96 Å². The molecule has 0 aromatic rings. The van der Waals surface area contributed by atoms with Crippen LogP contribution in [0.5, 0.6) is 0 Å². The van der Waals surface area contributed by atoms with Crippen molar-refractivity contribution >= 4 is 12.1 Å². The van der Waals surface area contributed by atoms with Crippen LogP contribution >= 0.6 is 0 Å². The van der Waals surface area contributed by atoms with E-state index in [-0.39, 0.29) is 11.5 Å². The minimum atomic E-state index is -0.451. The average molecular weight is 397 g/mol. The third kappa shape index (κ3) is 6.83. The van der Waals surface area contributed by atoms with Crippen molar-refractivity contribution in [2.75, 3.05) is 52.5 Å². The number of guanidine groups is 1. The lowest BCUT2D eigenvalue weighted by atomic mass is 9.89. The maximum absolute atomic E-state index is 12.4. The van der Waals surface area contributed by atoms with Crippen LogP contribution in [0.15, 0.2) is 4.99 Å². The zero-order valence-corrected chi connectivity index (χ0v) is 18.7. The highest BCUT2D eigenvalue weighted by Crippen LogP contribution is 2.27. The maximum Gasteiger partial charge on any atom is 0.410 e. The van der Waals surface area contributed by atoms with E-state index < -0.39 is 5.60 Å². The van der Waals surface area contributed by atoms with Gasteiger partial charge in [-0.15, -0.1) is 0 Å². The van der Waals surface area contributed by atoms with E-state index in [1.54, 1.807) is 0 Å². The summed E-state index contributed by atoms with van der Waals surface area (Å²) in [7, 11) is 0. The molecule has 7 heteroatoms. The number of nitrogens with one attached hydrogen (secondary N) is 1. The van der Waals surface area contributed by atoms with Gasteiger partial charge < -0.3 is 24.6 Å². The molecule has 0 saturated carbocycles. The first kappa shape index (κ1) is 22.8. The molecule has 0 aromatic heterocycles. The zero-order valence-electron chi connectivity index (χ0n) is 18.7. The van der Waals surface area contributed by atoms with Gasteiger partial charge in [0.1, 0.15) is 5.60 Å². The Hall–Kier alpha value is -1.50. The Kier molecular flexibility index (Phi) is 7.98. The van der Waals surface area contributed by atoms with Crippen LogP contribution < -0.4 is 5.32 Å². The minimum absolute atomic E-state index is 0.189. The van der Waals surface area contributed by atoms with Crippen LogP contribution in [-0.4, -0.2) is 79.9 Å². The molecule has 162 valence electrons. The smallest absolute Gasteiger partial charge is 0.410 e. The van der Waals surface area contributed by atoms with Crippen LogP contribution in [0.25, 0.3) is 0 Å². The SMILES string of the molecule is CCNC(=NCC1(C)COC1)N1CCC(CN(CC)C(=O)OC(C)(C)C)CC1. The van der Waals surface area contributed by atoms with Gasteiger partial charge in [-0.05, 0) is 53.4 Å². The summed E-state index contributed by atoms with van der Waals surface area (Å²) in [5.74, 6) is 1.51. The van der Waals surface area contributed by atoms with E-state index in [4.69, 9.17) is 14.5 Å². The fourth-order valence-electron chi connectivity index (χ4n) is 3.53. The third-order valence-electron chi connectivity index (χ3n) is 5.27. The van der Waals surface area contributed by atoms with Gasteiger partial charge in [-0.3, -0.25) is 4.99 Å². The standard InChI is InChI=1S/C21H40N4O3/c1-7-22-18(23-14-21(6)15-27-16-21)25-11-9-17(10-12-25)13-24(8-2)19(26)28-20(3,4)5/h17H,7-16H2,1-6H3,(H,22,23). The Morgan fingerprint density at radius 1 is 1.29 bits per heavy atom. The number of amides is 1. The number of piperidine rings is 1. The molecule has 7 nitrogen and oxygen atoms in total. The van der Waals surface area contributed by atoms with Gasteiger partial charge in [0.2, 0.25) is 0 Å². The normalized spacial score (nSPS) is 20.5. The molecule has 2 heterocycles. The molecule has 2 aliphatic rings. The molecule has 0 bridgehead atoms. The third-order valence-corrected chi connectivity index (χ3v) is 5.27. The van der Waals surface area contributed by atoms with Crippen molar-refractivity contribution in [3.8, 4) is 0 Å². The summed E-state index contributed by atoms with van der Waals surface area (Å²) >= 11 is 0. The predicted molar refractivity (Wildman–Crippen MR) is 113 cm³/mol. The number of carbonyl (C=O) groups is 1. The van der Waals surface area contributed by atoms with Crippen LogP contribution in [0, 0.1) is 11.3 Å². The first-order valence-corrected chi connectivity index (χ1v) is 10.7. The lowest BCUT2D eigenvalue weighted by molar-refractivity contribution is -0.0946. The number of aliphatic imine (C=N–C) groups is 1. The molecule has 1 N–H and O–H groups in total. The summed E-state index contributed by atoms with van der Waals surface area (Å²) in [6.07, 6.45) is 1.91. The van der Waals surface area contributed by atoms with E-state index in [1.807, 2.05) is 32.6 Å². The number of hydrogen-bond acceptors (Lipinski definition) is 4. The van der Waals surface area contributed by atoms with Gasteiger partial charge in [-0.1, -0.05) is 6.92 Å². The van der Waals surface area contributed by atoms with Crippen molar-refractivity contribution in [1.29, 1.82) is 0 Å². The lowest BCUT2D eigenvalue weighted by Gasteiger charge is -2.39. The van der Waals surface area contributed by atoms with E-state index in [0.29, 0.717) is 12.5 Å². The summed E-state index contributed by atoms with van der Waals surface area (Å²) in [5.41, 5.74) is -0.263. The molecule has 0 spiro atoms. The van der Waals surface area contributed by atoms with Crippen LogP contribution in [0.2, 0.25) is 0 Å². The molecule has 0 unspecified atom stereocenters. The minimum Gasteiger partial charge on any atom is -0.444 e. The van der Waals surface area contributed by atoms with E-state index in [0.717, 1.165) is 64.7 Å². The van der Waals surface area contributed by atoms with Gasteiger partial charge in [0.05, 0.1) is 19.8 Å². The van der Waals surface area contributed by atoms with Gasteiger partial charge in [0, 0.05) is 38.1 Å². The molecular formula is C21H40N4O3. The van der Waals surface area contributed by atoms with E-state index in [9.17, 15) is 4.79 Å². The Bertz CT molecular complexity index is 532. The Labute approximate surface area is 170 Å². The fraction of sp³-hybridized carbons (Fsp3) is 0.905. The summed E-state index contributed by atoms with van der Waals surface area (Å²) in [6, 6.07) is 0. The van der Waals surface area contributed by atoms with Crippen molar-refractivity contribution in [3.05, 3.63) is 0 Å². The molecular weight excluding hydrogens is 356 g/mol. The first-order chi connectivity index (χ1) is 13.2. The zero-order chi connectivity index (χ0) is 20.8. The number of nitrogens with zero attached hydrogens (tertiary/aromatic N) is 3. The summed E-state index contributed by atoms with van der Waals surface area (Å²) in [6.45, 7) is 18.7. The first-order valence-electron chi connectivity index (χ1n) is 10.7. The monoisotopic (exact) mass is 396 g/mol. The Morgan fingerprint density at radius 3 is 2.39 bits per heavy atom. The molecule has 28 heavy (non-hydrogen) atoms. The van der Waals surface area contributed by atoms with Crippen LogP contribution in [0.4, 0.5) is 4.79 Å². The van der Waals surface area contributed by atoms with E-state index in [2.05, 4.69) is 24.1 Å². The van der Waals surface area contributed by atoms with Crippen molar-refractivity contribution < 1.29 is 14.3 Å². The molecule has 0 atom stereocenters. The molecule has 2 saturated heterocycles. The quantitative estimate of drug-likeness (QED) is 0.552.